The second kappa shape index (κ2) is 9.48. The number of hydrogen-bond acceptors (Lipinski definition) is 5. The van der Waals surface area contributed by atoms with Crippen molar-refractivity contribution < 1.29 is 24.2 Å². The maximum absolute atomic E-state index is 13.2. The number of likely N-dealkylation sites (tertiary alicyclic amines) is 1. The highest BCUT2D eigenvalue weighted by Crippen LogP contribution is 2.44. The molecular weight excluding hydrogens is 442 g/mol. The zero-order chi connectivity index (χ0) is 23.7. The first-order valence-corrected chi connectivity index (χ1v) is 11.6. The molecule has 1 amide bonds. The van der Waals surface area contributed by atoms with Gasteiger partial charge in [-0.3, -0.25) is 9.59 Å². The van der Waals surface area contributed by atoms with Gasteiger partial charge in [-0.2, -0.15) is 0 Å². The quantitative estimate of drug-likeness (QED) is 0.343. The summed E-state index contributed by atoms with van der Waals surface area (Å²) in [6.07, 6.45) is 3.69. The van der Waals surface area contributed by atoms with Crippen molar-refractivity contribution in [2.45, 2.75) is 57.7 Å². The molecule has 7 heteroatoms. The van der Waals surface area contributed by atoms with E-state index in [4.69, 9.17) is 21.1 Å². The number of halogens is 1. The predicted molar refractivity (Wildman–Crippen MR) is 127 cm³/mol. The molecule has 4 rings (SSSR count). The van der Waals surface area contributed by atoms with Gasteiger partial charge in [0.25, 0.3) is 11.7 Å². The van der Waals surface area contributed by atoms with Gasteiger partial charge in [0.05, 0.1) is 29.9 Å². The summed E-state index contributed by atoms with van der Waals surface area (Å²) in [5.41, 5.74) is 1.03. The number of amides is 1. The summed E-state index contributed by atoms with van der Waals surface area (Å²) < 4.78 is 11.0. The van der Waals surface area contributed by atoms with Crippen molar-refractivity contribution in [1.29, 1.82) is 0 Å². The summed E-state index contributed by atoms with van der Waals surface area (Å²) in [6, 6.07) is 11.4. The Morgan fingerprint density at radius 3 is 2.30 bits per heavy atom. The first kappa shape index (κ1) is 23.2. The van der Waals surface area contributed by atoms with Crippen LogP contribution in [0.3, 0.4) is 0 Å². The van der Waals surface area contributed by atoms with Gasteiger partial charge in [0.15, 0.2) is 0 Å². The maximum Gasteiger partial charge on any atom is 0.295 e. The number of nitrogens with zero attached hydrogens (tertiary/aromatic N) is 1. The lowest BCUT2D eigenvalue weighted by Crippen LogP contribution is -2.37. The molecule has 174 valence electrons. The largest absolute Gasteiger partial charge is 0.507 e. The number of rotatable bonds is 6. The van der Waals surface area contributed by atoms with E-state index in [-0.39, 0.29) is 34.1 Å². The number of aliphatic hydroxyl groups excluding tert-OH is 1. The lowest BCUT2D eigenvalue weighted by atomic mass is 9.94. The van der Waals surface area contributed by atoms with Gasteiger partial charge >= 0.3 is 0 Å². The molecule has 1 aliphatic heterocycles. The normalized spacial score (nSPS) is 20.6. The average Bonchev–Trinajstić information content (AvgIpc) is 3.41. The molecule has 2 aromatic rings. The van der Waals surface area contributed by atoms with Crippen LogP contribution >= 0.6 is 11.6 Å². The number of ketones is 1. The summed E-state index contributed by atoms with van der Waals surface area (Å²) in [5, 5.41) is 11.6. The molecule has 33 heavy (non-hydrogen) atoms. The van der Waals surface area contributed by atoms with Crippen LogP contribution in [-0.4, -0.2) is 41.0 Å². The van der Waals surface area contributed by atoms with Gasteiger partial charge in [0.2, 0.25) is 0 Å². The molecule has 6 nitrogen and oxygen atoms in total. The van der Waals surface area contributed by atoms with Crippen LogP contribution in [0.2, 0.25) is 5.02 Å². The third-order valence-corrected chi connectivity index (χ3v) is 6.52. The average molecular weight is 470 g/mol. The van der Waals surface area contributed by atoms with Crippen molar-refractivity contribution in [3.8, 4) is 11.5 Å². The van der Waals surface area contributed by atoms with Crippen LogP contribution in [-0.2, 0) is 9.59 Å². The number of benzene rings is 2. The highest BCUT2D eigenvalue weighted by Gasteiger charge is 2.49. The third kappa shape index (κ3) is 4.44. The molecule has 1 aliphatic carbocycles. The fraction of sp³-hybridized carbons (Fsp3) is 0.385. The number of carbonyl (C=O) groups is 2. The second-order valence-corrected chi connectivity index (χ2v) is 9.13. The summed E-state index contributed by atoms with van der Waals surface area (Å²) >= 11 is 6.36. The number of carbonyl (C=O) groups excluding carboxylic acids is 2. The molecule has 0 radical (unpaired) electrons. The standard InChI is InChI=1S/C26H28ClNO5/c1-15(2)33-18-10-8-16(9-11-18)23-22(24(29)20-14-19(32-3)12-13-21(20)27)25(30)26(31)28(23)17-6-4-5-7-17/h8-15,17,23,29H,4-7H2,1-3H3/b24-22+. The Morgan fingerprint density at radius 1 is 1.06 bits per heavy atom. The Labute approximate surface area is 198 Å². The Balaban J connectivity index is 1.86. The van der Waals surface area contributed by atoms with Crippen LogP contribution in [0.25, 0.3) is 5.76 Å². The molecule has 1 atom stereocenters. The van der Waals surface area contributed by atoms with Crippen LogP contribution in [0.1, 0.15) is 56.7 Å². The van der Waals surface area contributed by atoms with Crippen LogP contribution in [0.15, 0.2) is 48.0 Å². The van der Waals surface area contributed by atoms with Crippen LogP contribution in [0.4, 0.5) is 0 Å². The lowest BCUT2D eigenvalue weighted by Gasteiger charge is -2.31. The molecule has 1 saturated heterocycles. The first-order chi connectivity index (χ1) is 15.8. The first-order valence-electron chi connectivity index (χ1n) is 11.2. The fourth-order valence-electron chi connectivity index (χ4n) is 4.70. The summed E-state index contributed by atoms with van der Waals surface area (Å²) in [4.78, 5) is 28.1. The number of methoxy groups -OCH3 is 1. The van der Waals surface area contributed by atoms with E-state index in [0.29, 0.717) is 11.5 Å². The van der Waals surface area contributed by atoms with E-state index in [1.165, 1.54) is 7.11 Å². The minimum atomic E-state index is -0.705. The minimum absolute atomic E-state index is 0.0233. The van der Waals surface area contributed by atoms with E-state index >= 15 is 0 Å². The van der Waals surface area contributed by atoms with Gasteiger partial charge in [-0.05, 0) is 62.6 Å². The van der Waals surface area contributed by atoms with Crippen LogP contribution < -0.4 is 9.47 Å². The molecule has 0 spiro atoms. The van der Waals surface area contributed by atoms with Crippen molar-refractivity contribution in [1.82, 2.24) is 4.90 Å². The molecule has 2 fully saturated rings. The second-order valence-electron chi connectivity index (χ2n) is 8.73. The Bertz CT molecular complexity index is 1090. The highest BCUT2D eigenvalue weighted by molar-refractivity contribution is 6.47. The summed E-state index contributed by atoms with van der Waals surface area (Å²) in [6.45, 7) is 3.89. The monoisotopic (exact) mass is 469 g/mol. The van der Waals surface area contributed by atoms with Gasteiger partial charge < -0.3 is 19.5 Å². The zero-order valence-electron chi connectivity index (χ0n) is 19.0. The van der Waals surface area contributed by atoms with E-state index in [2.05, 4.69) is 0 Å². The van der Waals surface area contributed by atoms with E-state index in [1.807, 2.05) is 38.1 Å². The molecule has 1 unspecified atom stereocenters. The molecule has 0 bridgehead atoms. The molecule has 2 aromatic carbocycles. The summed E-state index contributed by atoms with van der Waals surface area (Å²) in [7, 11) is 1.51. The lowest BCUT2D eigenvalue weighted by molar-refractivity contribution is -0.141. The van der Waals surface area contributed by atoms with Gasteiger partial charge in [-0.15, -0.1) is 0 Å². The molecular formula is C26H28ClNO5. The highest BCUT2D eigenvalue weighted by atomic mass is 35.5. The molecule has 0 aromatic heterocycles. The molecule has 1 heterocycles. The zero-order valence-corrected chi connectivity index (χ0v) is 19.8. The topological polar surface area (TPSA) is 76.1 Å². The van der Waals surface area contributed by atoms with E-state index in [9.17, 15) is 14.7 Å². The smallest absolute Gasteiger partial charge is 0.295 e. The molecule has 1 saturated carbocycles. The van der Waals surface area contributed by atoms with Crippen LogP contribution in [0, 0.1) is 0 Å². The fourth-order valence-corrected chi connectivity index (χ4v) is 4.90. The van der Waals surface area contributed by atoms with Gasteiger partial charge in [-0.25, -0.2) is 0 Å². The van der Waals surface area contributed by atoms with E-state index in [1.54, 1.807) is 23.1 Å². The Morgan fingerprint density at radius 2 is 1.70 bits per heavy atom. The van der Waals surface area contributed by atoms with Gasteiger partial charge in [-0.1, -0.05) is 36.6 Å². The van der Waals surface area contributed by atoms with E-state index in [0.717, 1.165) is 31.2 Å². The number of aliphatic hydroxyl groups is 1. The van der Waals surface area contributed by atoms with Crippen LogP contribution in [0.5, 0.6) is 11.5 Å². The Kier molecular flexibility index (Phi) is 6.66. The molecule has 2 aliphatic rings. The van der Waals surface area contributed by atoms with Crippen molar-refractivity contribution >= 4 is 29.1 Å². The SMILES string of the molecule is COc1ccc(Cl)c(/C(O)=C2\C(=O)C(=O)N(C3CCCC3)C2c2ccc(OC(C)C)cc2)c1. The third-order valence-electron chi connectivity index (χ3n) is 6.19. The van der Waals surface area contributed by atoms with Crippen molar-refractivity contribution in [2.75, 3.05) is 7.11 Å². The molecule has 1 N–H and O–H groups in total. The predicted octanol–water partition coefficient (Wildman–Crippen LogP) is 5.50. The van der Waals surface area contributed by atoms with Gasteiger partial charge in [0, 0.05) is 11.6 Å². The number of Topliss-reactive ketones (excluding diaryl/α,β-unsaturated/α-hetero) is 1. The summed E-state index contributed by atoms with van der Waals surface area (Å²) in [5.74, 6) is -0.411. The van der Waals surface area contributed by atoms with E-state index < -0.39 is 17.7 Å². The number of hydrogen-bond donors (Lipinski definition) is 1. The van der Waals surface area contributed by atoms with Crippen molar-refractivity contribution in [2.24, 2.45) is 0 Å². The Hall–Kier alpha value is -2.99. The minimum Gasteiger partial charge on any atom is -0.507 e. The van der Waals surface area contributed by atoms with Crippen molar-refractivity contribution in [3.63, 3.8) is 0 Å². The number of ether oxygens (including phenoxy) is 2. The van der Waals surface area contributed by atoms with Crippen molar-refractivity contribution in [3.05, 3.63) is 64.2 Å². The maximum atomic E-state index is 13.2. The van der Waals surface area contributed by atoms with Gasteiger partial charge in [0.1, 0.15) is 17.3 Å².